The summed E-state index contributed by atoms with van der Waals surface area (Å²) in [4.78, 5) is 36.5. The third kappa shape index (κ3) is 5.83. The molecule has 0 aliphatic heterocycles. The number of nitrogens with two attached hydrogens (primary N) is 1. The van der Waals surface area contributed by atoms with Gasteiger partial charge in [0, 0.05) is 16.9 Å². The maximum absolute atomic E-state index is 12.9. The zero-order valence-corrected chi connectivity index (χ0v) is 16.7. The van der Waals surface area contributed by atoms with E-state index in [0.717, 1.165) is 0 Å². The van der Waals surface area contributed by atoms with Crippen molar-refractivity contribution in [1.82, 2.24) is 0 Å². The van der Waals surface area contributed by atoms with Crippen molar-refractivity contribution in [3.05, 3.63) is 90.0 Å². The first kappa shape index (κ1) is 21.4. The zero-order valence-electron chi connectivity index (χ0n) is 16.7. The van der Waals surface area contributed by atoms with Crippen molar-refractivity contribution in [1.29, 1.82) is 0 Å². The molecule has 3 aromatic rings. The highest BCUT2D eigenvalue weighted by molar-refractivity contribution is 5.98. The van der Waals surface area contributed by atoms with Gasteiger partial charge in [0.25, 0.3) is 5.91 Å². The topological polar surface area (TPSA) is 120 Å². The van der Waals surface area contributed by atoms with E-state index in [4.69, 9.17) is 15.2 Å². The van der Waals surface area contributed by atoms with E-state index in [1.54, 1.807) is 61.7 Å². The zero-order chi connectivity index (χ0) is 22.2. The Kier molecular flexibility index (Phi) is 6.85. The summed E-state index contributed by atoms with van der Waals surface area (Å²) in [7, 11) is 1.55. The summed E-state index contributed by atoms with van der Waals surface area (Å²) in [5.74, 6) is -0.542. The third-order valence-corrected chi connectivity index (χ3v) is 4.31. The van der Waals surface area contributed by atoms with Crippen LogP contribution >= 0.6 is 0 Å². The standard InChI is InChI=1S/C23H21N3O5/c1-30-19-13-11-17(12-14-19)25-21(27)20(15-5-3-2-4-6-15)31-22(28)16-7-9-18(10-8-16)26-23(24)29/h2-14,20H,1H3,(H,25,27)(H3,24,26,29)/t20-/m1/s1. The SMILES string of the molecule is COc1ccc(NC(=O)[C@H](OC(=O)c2ccc(NC(N)=O)cc2)c2ccccc2)cc1. The number of hydrogen-bond donors (Lipinski definition) is 3. The van der Waals surface area contributed by atoms with E-state index in [1.165, 1.54) is 24.3 Å². The van der Waals surface area contributed by atoms with Gasteiger partial charge in [0.15, 0.2) is 0 Å². The molecule has 8 heteroatoms. The number of rotatable bonds is 7. The second-order valence-electron chi connectivity index (χ2n) is 6.48. The fraction of sp³-hybridized carbons (Fsp3) is 0.0870. The van der Waals surface area contributed by atoms with Crippen LogP contribution in [0.1, 0.15) is 22.0 Å². The smallest absolute Gasteiger partial charge is 0.339 e. The minimum Gasteiger partial charge on any atom is -0.497 e. The van der Waals surface area contributed by atoms with Crippen molar-refractivity contribution >= 4 is 29.3 Å². The lowest BCUT2D eigenvalue weighted by Crippen LogP contribution is -2.26. The van der Waals surface area contributed by atoms with Crippen LogP contribution in [0.15, 0.2) is 78.9 Å². The number of urea groups is 1. The second kappa shape index (κ2) is 9.93. The Morgan fingerprint density at radius 3 is 1.97 bits per heavy atom. The molecule has 0 aliphatic carbocycles. The van der Waals surface area contributed by atoms with E-state index in [1.807, 2.05) is 0 Å². The van der Waals surface area contributed by atoms with E-state index in [-0.39, 0.29) is 5.56 Å². The Morgan fingerprint density at radius 2 is 1.39 bits per heavy atom. The Labute approximate surface area is 179 Å². The molecule has 1 atom stereocenters. The van der Waals surface area contributed by atoms with E-state index in [0.29, 0.717) is 22.7 Å². The van der Waals surface area contributed by atoms with Crippen LogP contribution in [0.2, 0.25) is 0 Å². The molecule has 31 heavy (non-hydrogen) atoms. The van der Waals surface area contributed by atoms with E-state index >= 15 is 0 Å². The quantitative estimate of drug-likeness (QED) is 0.504. The highest BCUT2D eigenvalue weighted by Gasteiger charge is 2.26. The van der Waals surface area contributed by atoms with Crippen LogP contribution in [-0.4, -0.2) is 25.0 Å². The molecule has 0 heterocycles. The van der Waals surface area contributed by atoms with E-state index in [9.17, 15) is 14.4 Å². The van der Waals surface area contributed by atoms with Crippen LogP contribution in [-0.2, 0) is 9.53 Å². The van der Waals surface area contributed by atoms with Gasteiger partial charge in [0.2, 0.25) is 6.10 Å². The second-order valence-corrected chi connectivity index (χ2v) is 6.48. The predicted molar refractivity (Wildman–Crippen MR) is 116 cm³/mol. The molecule has 0 aromatic heterocycles. The fourth-order valence-electron chi connectivity index (χ4n) is 2.79. The van der Waals surface area contributed by atoms with Crippen LogP contribution < -0.4 is 21.1 Å². The highest BCUT2D eigenvalue weighted by atomic mass is 16.5. The lowest BCUT2D eigenvalue weighted by atomic mass is 10.1. The predicted octanol–water partition coefficient (Wildman–Crippen LogP) is 3.72. The van der Waals surface area contributed by atoms with Crippen LogP contribution in [0.4, 0.5) is 16.2 Å². The van der Waals surface area contributed by atoms with Crippen molar-refractivity contribution in [2.75, 3.05) is 17.7 Å². The number of nitrogens with one attached hydrogen (secondary N) is 2. The van der Waals surface area contributed by atoms with Gasteiger partial charge in [0.1, 0.15) is 5.75 Å². The summed E-state index contributed by atoms with van der Waals surface area (Å²) >= 11 is 0. The van der Waals surface area contributed by atoms with Crippen LogP contribution in [0.5, 0.6) is 5.75 Å². The molecule has 0 fully saturated rings. The van der Waals surface area contributed by atoms with Gasteiger partial charge in [-0.15, -0.1) is 0 Å². The largest absolute Gasteiger partial charge is 0.497 e. The molecule has 0 saturated carbocycles. The molecule has 0 bridgehead atoms. The van der Waals surface area contributed by atoms with Gasteiger partial charge in [0.05, 0.1) is 12.7 Å². The van der Waals surface area contributed by atoms with Crippen molar-refractivity contribution in [3.8, 4) is 5.75 Å². The number of primary amides is 1. The molecule has 8 nitrogen and oxygen atoms in total. The Bertz CT molecular complexity index is 1050. The summed E-state index contributed by atoms with van der Waals surface area (Å²) in [5, 5.41) is 5.15. The molecule has 3 amide bonds. The minimum atomic E-state index is -1.17. The van der Waals surface area contributed by atoms with Gasteiger partial charge < -0.3 is 25.8 Å². The molecule has 158 valence electrons. The number of ether oxygens (including phenoxy) is 2. The number of carbonyl (C=O) groups excluding carboxylic acids is 3. The average Bonchev–Trinajstić information content (AvgIpc) is 2.78. The Morgan fingerprint density at radius 1 is 0.806 bits per heavy atom. The van der Waals surface area contributed by atoms with E-state index in [2.05, 4.69) is 10.6 Å². The number of amides is 3. The first-order chi connectivity index (χ1) is 15.0. The van der Waals surface area contributed by atoms with Crippen molar-refractivity contribution in [2.45, 2.75) is 6.10 Å². The first-order valence-corrected chi connectivity index (χ1v) is 9.33. The van der Waals surface area contributed by atoms with Gasteiger partial charge in [-0.1, -0.05) is 30.3 Å². The number of carbonyl (C=O) groups is 3. The van der Waals surface area contributed by atoms with Gasteiger partial charge >= 0.3 is 12.0 Å². The van der Waals surface area contributed by atoms with Crippen LogP contribution in [0.25, 0.3) is 0 Å². The maximum Gasteiger partial charge on any atom is 0.339 e. The summed E-state index contributed by atoms with van der Waals surface area (Å²) in [6.45, 7) is 0. The molecule has 0 spiro atoms. The lowest BCUT2D eigenvalue weighted by molar-refractivity contribution is -0.125. The highest BCUT2D eigenvalue weighted by Crippen LogP contribution is 2.23. The Hall–Kier alpha value is -4.33. The molecular formula is C23H21N3O5. The fourth-order valence-corrected chi connectivity index (χ4v) is 2.79. The van der Waals surface area contributed by atoms with Gasteiger partial charge in [-0.05, 0) is 48.5 Å². The van der Waals surface area contributed by atoms with Crippen LogP contribution in [0.3, 0.4) is 0 Å². The monoisotopic (exact) mass is 419 g/mol. The summed E-state index contributed by atoms with van der Waals surface area (Å²) in [6, 6.07) is 20.7. The van der Waals surface area contributed by atoms with Crippen molar-refractivity contribution < 1.29 is 23.9 Å². The van der Waals surface area contributed by atoms with Gasteiger partial charge in [-0.2, -0.15) is 0 Å². The van der Waals surface area contributed by atoms with Crippen molar-refractivity contribution in [2.24, 2.45) is 5.73 Å². The minimum absolute atomic E-state index is 0.216. The number of esters is 1. The van der Waals surface area contributed by atoms with Gasteiger partial charge in [-0.3, -0.25) is 4.79 Å². The first-order valence-electron chi connectivity index (χ1n) is 9.33. The molecule has 0 unspecified atom stereocenters. The molecule has 3 aromatic carbocycles. The number of methoxy groups -OCH3 is 1. The van der Waals surface area contributed by atoms with E-state index < -0.39 is 24.0 Å². The molecule has 0 radical (unpaired) electrons. The molecule has 0 aliphatic rings. The average molecular weight is 419 g/mol. The number of hydrogen-bond acceptors (Lipinski definition) is 5. The maximum atomic E-state index is 12.9. The van der Waals surface area contributed by atoms with Crippen molar-refractivity contribution in [3.63, 3.8) is 0 Å². The van der Waals surface area contributed by atoms with Crippen LogP contribution in [0, 0.1) is 0 Å². The molecule has 3 rings (SSSR count). The summed E-state index contributed by atoms with van der Waals surface area (Å²) in [5.41, 5.74) is 6.77. The number of anilines is 2. The molecular weight excluding hydrogens is 398 g/mol. The molecule has 4 N–H and O–H groups in total. The lowest BCUT2D eigenvalue weighted by Gasteiger charge is -2.18. The Balaban J connectivity index is 1.77. The summed E-state index contributed by atoms with van der Waals surface area (Å²) < 4.78 is 10.6. The third-order valence-electron chi connectivity index (χ3n) is 4.31. The van der Waals surface area contributed by atoms with Gasteiger partial charge in [-0.25, -0.2) is 9.59 Å². The summed E-state index contributed by atoms with van der Waals surface area (Å²) in [6.07, 6.45) is -1.17. The molecule has 0 saturated heterocycles. The normalized spacial score (nSPS) is 11.1. The number of benzene rings is 3.